The molecule has 2 heterocycles. The fourth-order valence-corrected chi connectivity index (χ4v) is 2.78. The molecule has 2 nitrogen and oxygen atoms in total. The lowest BCUT2D eigenvalue weighted by Crippen LogP contribution is -2.37. The molecule has 0 aromatic carbocycles. The van der Waals surface area contributed by atoms with Crippen LogP contribution < -0.4 is 0 Å². The van der Waals surface area contributed by atoms with Crippen LogP contribution in [0.2, 0.25) is 0 Å². The molecule has 0 spiro atoms. The summed E-state index contributed by atoms with van der Waals surface area (Å²) in [6.07, 6.45) is 5.46. The maximum atomic E-state index is 5.40. The van der Waals surface area contributed by atoms with Gasteiger partial charge in [0, 0.05) is 19.8 Å². The topological polar surface area (TPSA) is 12.5 Å². The van der Waals surface area contributed by atoms with Gasteiger partial charge in [-0.05, 0) is 51.1 Å². The van der Waals surface area contributed by atoms with Crippen molar-refractivity contribution in [2.24, 2.45) is 11.8 Å². The van der Waals surface area contributed by atoms with Crippen LogP contribution in [0.5, 0.6) is 0 Å². The van der Waals surface area contributed by atoms with E-state index in [-0.39, 0.29) is 0 Å². The second-order valence-corrected chi connectivity index (χ2v) is 4.61. The van der Waals surface area contributed by atoms with E-state index in [2.05, 4.69) is 11.9 Å². The minimum absolute atomic E-state index is 0.955. The minimum atomic E-state index is 0.955. The summed E-state index contributed by atoms with van der Waals surface area (Å²) in [5, 5.41) is 0. The van der Waals surface area contributed by atoms with E-state index in [4.69, 9.17) is 4.74 Å². The van der Waals surface area contributed by atoms with Gasteiger partial charge in [-0.3, -0.25) is 0 Å². The van der Waals surface area contributed by atoms with Crippen LogP contribution in [0.1, 0.15) is 25.7 Å². The molecule has 2 aliphatic heterocycles. The Morgan fingerprint density at radius 1 is 1.08 bits per heavy atom. The van der Waals surface area contributed by atoms with Gasteiger partial charge in [0.2, 0.25) is 0 Å². The van der Waals surface area contributed by atoms with Crippen LogP contribution in [-0.4, -0.2) is 38.3 Å². The van der Waals surface area contributed by atoms with Gasteiger partial charge in [-0.1, -0.05) is 0 Å². The molecule has 2 rings (SSSR count). The molecule has 1 atom stereocenters. The van der Waals surface area contributed by atoms with Gasteiger partial charge in [-0.2, -0.15) is 0 Å². The molecule has 0 bridgehead atoms. The lowest BCUT2D eigenvalue weighted by molar-refractivity contribution is 0.0302. The average Bonchev–Trinajstić information content (AvgIpc) is 2.19. The fraction of sp³-hybridized carbons (Fsp3) is 1.00. The normalized spacial score (nSPS) is 33.5. The van der Waals surface area contributed by atoms with Crippen molar-refractivity contribution in [1.82, 2.24) is 4.90 Å². The molecule has 0 aromatic rings. The summed E-state index contributed by atoms with van der Waals surface area (Å²) in [6.45, 7) is 4.64. The Balaban J connectivity index is 1.83. The molecule has 0 N–H and O–H groups in total. The Labute approximate surface area is 81.3 Å². The van der Waals surface area contributed by atoms with Gasteiger partial charge in [-0.25, -0.2) is 0 Å². The molecule has 0 saturated carbocycles. The maximum absolute atomic E-state index is 5.40. The van der Waals surface area contributed by atoms with E-state index in [1.807, 2.05) is 0 Å². The van der Waals surface area contributed by atoms with Crippen molar-refractivity contribution < 1.29 is 4.74 Å². The Morgan fingerprint density at radius 2 is 1.85 bits per heavy atom. The zero-order chi connectivity index (χ0) is 9.10. The first kappa shape index (κ1) is 9.47. The summed E-state index contributed by atoms with van der Waals surface area (Å²) < 4.78 is 5.40. The van der Waals surface area contributed by atoms with E-state index in [1.54, 1.807) is 0 Å². The van der Waals surface area contributed by atoms with E-state index in [1.165, 1.54) is 38.8 Å². The van der Waals surface area contributed by atoms with Crippen LogP contribution in [0.3, 0.4) is 0 Å². The molecule has 0 aromatic heterocycles. The number of piperidine rings is 1. The van der Waals surface area contributed by atoms with Crippen molar-refractivity contribution >= 4 is 0 Å². The third-order valence-electron chi connectivity index (χ3n) is 3.59. The van der Waals surface area contributed by atoms with Crippen LogP contribution in [0, 0.1) is 11.8 Å². The van der Waals surface area contributed by atoms with E-state index < -0.39 is 0 Å². The summed E-state index contributed by atoms with van der Waals surface area (Å²) in [6, 6.07) is 0. The standard InChI is InChI=1S/C11H21NO/c1-12-6-2-3-11(9-12)10-4-7-13-8-5-10/h10-11H,2-9H2,1H3. The van der Waals surface area contributed by atoms with Crippen molar-refractivity contribution in [1.29, 1.82) is 0 Å². The van der Waals surface area contributed by atoms with Crippen LogP contribution in [0.15, 0.2) is 0 Å². The zero-order valence-electron chi connectivity index (χ0n) is 8.67. The summed E-state index contributed by atoms with van der Waals surface area (Å²) in [7, 11) is 2.26. The number of hydrogen-bond acceptors (Lipinski definition) is 2. The van der Waals surface area contributed by atoms with Crippen LogP contribution in [-0.2, 0) is 4.74 Å². The quantitative estimate of drug-likeness (QED) is 0.614. The van der Waals surface area contributed by atoms with Gasteiger partial charge in [0.1, 0.15) is 0 Å². The van der Waals surface area contributed by atoms with Crippen LogP contribution in [0.25, 0.3) is 0 Å². The van der Waals surface area contributed by atoms with E-state index >= 15 is 0 Å². The fourth-order valence-electron chi connectivity index (χ4n) is 2.78. The van der Waals surface area contributed by atoms with Gasteiger partial charge in [0.25, 0.3) is 0 Å². The first-order valence-corrected chi connectivity index (χ1v) is 5.62. The smallest absolute Gasteiger partial charge is 0.0468 e. The number of nitrogens with zero attached hydrogens (tertiary/aromatic N) is 1. The minimum Gasteiger partial charge on any atom is -0.381 e. The Kier molecular flexibility index (Phi) is 3.23. The molecule has 2 aliphatic rings. The molecule has 2 saturated heterocycles. The van der Waals surface area contributed by atoms with Gasteiger partial charge in [0.05, 0.1) is 0 Å². The van der Waals surface area contributed by atoms with E-state index in [9.17, 15) is 0 Å². The SMILES string of the molecule is CN1CCCC(C2CCOCC2)C1. The molecule has 0 amide bonds. The summed E-state index contributed by atoms with van der Waals surface area (Å²) in [5.74, 6) is 1.92. The number of rotatable bonds is 1. The summed E-state index contributed by atoms with van der Waals surface area (Å²) in [5.41, 5.74) is 0. The molecular weight excluding hydrogens is 162 g/mol. The average molecular weight is 183 g/mol. The van der Waals surface area contributed by atoms with E-state index in [0.717, 1.165) is 25.0 Å². The Hall–Kier alpha value is -0.0800. The molecule has 13 heavy (non-hydrogen) atoms. The molecule has 76 valence electrons. The van der Waals surface area contributed by atoms with Crippen molar-refractivity contribution in [3.8, 4) is 0 Å². The maximum Gasteiger partial charge on any atom is 0.0468 e. The number of likely N-dealkylation sites (tertiary alicyclic amines) is 1. The van der Waals surface area contributed by atoms with Gasteiger partial charge in [0.15, 0.2) is 0 Å². The highest BCUT2D eigenvalue weighted by Gasteiger charge is 2.26. The van der Waals surface area contributed by atoms with Crippen molar-refractivity contribution in [2.45, 2.75) is 25.7 Å². The highest BCUT2D eigenvalue weighted by Crippen LogP contribution is 2.30. The second kappa shape index (κ2) is 4.43. The number of ether oxygens (including phenoxy) is 1. The van der Waals surface area contributed by atoms with Crippen molar-refractivity contribution in [3.05, 3.63) is 0 Å². The van der Waals surface area contributed by atoms with Crippen molar-refractivity contribution in [2.75, 3.05) is 33.4 Å². The molecule has 2 heteroatoms. The zero-order valence-corrected chi connectivity index (χ0v) is 8.67. The predicted molar refractivity (Wildman–Crippen MR) is 53.8 cm³/mol. The van der Waals surface area contributed by atoms with Gasteiger partial charge in [-0.15, -0.1) is 0 Å². The monoisotopic (exact) mass is 183 g/mol. The molecule has 0 radical (unpaired) electrons. The third kappa shape index (κ3) is 2.44. The first-order valence-electron chi connectivity index (χ1n) is 5.62. The van der Waals surface area contributed by atoms with Gasteiger partial charge < -0.3 is 9.64 Å². The van der Waals surface area contributed by atoms with Crippen LogP contribution >= 0.6 is 0 Å². The molecular formula is C11H21NO. The highest BCUT2D eigenvalue weighted by molar-refractivity contribution is 4.78. The van der Waals surface area contributed by atoms with E-state index in [0.29, 0.717) is 0 Å². The Bertz CT molecular complexity index is 154. The predicted octanol–water partition coefficient (Wildman–Crippen LogP) is 1.75. The summed E-state index contributed by atoms with van der Waals surface area (Å²) in [4.78, 5) is 2.49. The highest BCUT2D eigenvalue weighted by atomic mass is 16.5. The van der Waals surface area contributed by atoms with Crippen molar-refractivity contribution in [3.63, 3.8) is 0 Å². The Morgan fingerprint density at radius 3 is 2.54 bits per heavy atom. The van der Waals surface area contributed by atoms with Crippen LogP contribution in [0.4, 0.5) is 0 Å². The molecule has 2 fully saturated rings. The third-order valence-corrected chi connectivity index (χ3v) is 3.59. The molecule has 1 unspecified atom stereocenters. The molecule has 0 aliphatic carbocycles. The summed E-state index contributed by atoms with van der Waals surface area (Å²) >= 11 is 0. The largest absolute Gasteiger partial charge is 0.381 e. The first-order chi connectivity index (χ1) is 6.36. The van der Waals surface area contributed by atoms with Gasteiger partial charge >= 0.3 is 0 Å². The lowest BCUT2D eigenvalue weighted by atomic mass is 9.81. The second-order valence-electron chi connectivity index (χ2n) is 4.61. The lowest BCUT2D eigenvalue weighted by Gasteiger charge is -2.36. The number of hydrogen-bond donors (Lipinski definition) is 0.